The number of carbonyl (C=O) groups excluding carboxylic acids is 1. The van der Waals surface area contributed by atoms with Crippen LogP contribution in [0.5, 0.6) is 0 Å². The Hall–Kier alpha value is -3.03. The van der Waals surface area contributed by atoms with E-state index in [0.29, 0.717) is 43.1 Å². The first-order valence-corrected chi connectivity index (χ1v) is 10.1. The van der Waals surface area contributed by atoms with Crippen LogP contribution >= 0.6 is 0 Å². The van der Waals surface area contributed by atoms with Crippen LogP contribution in [0.4, 0.5) is 10.2 Å². The third kappa shape index (κ3) is 3.66. The van der Waals surface area contributed by atoms with Gasteiger partial charge < -0.3 is 14.8 Å². The number of fused-ring (bicyclic) bond motifs is 1. The second-order valence-corrected chi connectivity index (χ2v) is 7.33. The predicted molar refractivity (Wildman–Crippen MR) is 109 cm³/mol. The zero-order valence-electron chi connectivity index (χ0n) is 16.7. The maximum atomic E-state index is 14.7. The molecule has 1 aliphatic rings. The van der Waals surface area contributed by atoms with E-state index in [9.17, 15) is 9.18 Å². The molecule has 0 bridgehead atoms. The van der Waals surface area contributed by atoms with E-state index in [2.05, 4.69) is 26.9 Å². The number of nitrogens with one attached hydrogen (secondary N) is 1. The summed E-state index contributed by atoms with van der Waals surface area (Å²) >= 11 is 0. The van der Waals surface area contributed by atoms with Crippen molar-refractivity contribution in [1.82, 2.24) is 24.8 Å². The third-order valence-electron chi connectivity index (χ3n) is 5.45. The van der Waals surface area contributed by atoms with Crippen LogP contribution in [0.1, 0.15) is 42.7 Å². The molecule has 1 aliphatic heterocycles. The summed E-state index contributed by atoms with van der Waals surface area (Å²) in [7, 11) is 0. The second-order valence-electron chi connectivity index (χ2n) is 7.33. The van der Waals surface area contributed by atoms with Gasteiger partial charge >= 0.3 is 0 Å². The van der Waals surface area contributed by atoms with E-state index < -0.39 is 0 Å². The lowest BCUT2D eigenvalue weighted by molar-refractivity contribution is 0.0693. The van der Waals surface area contributed by atoms with E-state index in [4.69, 9.17) is 0 Å². The first-order chi connectivity index (χ1) is 14.1. The summed E-state index contributed by atoms with van der Waals surface area (Å²) in [5.74, 6) is -0.0664. The average Bonchev–Trinajstić information content (AvgIpc) is 3.40. The molecule has 29 heavy (non-hydrogen) atoms. The summed E-state index contributed by atoms with van der Waals surface area (Å²) in [6.07, 6.45) is 7.00. The third-order valence-corrected chi connectivity index (χ3v) is 5.45. The number of carbonyl (C=O) groups is 1. The lowest BCUT2D eigenvalue weighted by Gasteiger charge is -2.29. The van der Waals surface area contributed by atoms with E-state index in [-0.39, 0.29) is 17.8 Å². The highest BCUT2D eigenvalue weighted by Gasteiger charge is 2.33. The molecule has 0 spiro atoms. The number of aromatic nitrogens is 4. The minimum atomic E-state index is -0.356. The van der Waals surface area contributed by atoms with Gasteiger partial charge in [0, 0.05) is 32.0 Å². The zero-order chi connectivity index (χ0) is 20.4. The molecule has 7 nitrogen and oxygen atoms in total. The molecular weight excluding hydrogens is 371 g/mol. The fourth-order valence-electron chi connectivity index (χ4n) is 3.96. The largest absolute Gasteiger partial charge is 0.360 e. The molecule has 0 aromatic carbocycles. The molecule has 1 atom stereocenters. The van der Waals surface area contributed by atoms with Crippen LogP contribution in [0.3, 0.4) is 0 Å². The van der Waals surface area contributed by atoms with Gasteiger partial charge in [-0.05, 0) is 31.4 Å². The Morgan fingerprint density at radius 3 is 3.00 bits per heavy atom. The van der Waals surface area contributed by atoms with E-state index >= 15 is 0 Å². The van der Waals surface area contributed by atoms with Crippen LogP contribution in [-0.2, 0) is 6.42 Å². The standard InChI is InChI=1S/C21H25FN6O/c1-3-8-28(21(29)14-10-18-17(24-11-14)5-7-23-18)15-6-9-27(12-15)20-19(22)16(4-2)25-13-26-20/h5,7,10-11,13,15,23H,3-4,6,8-9,12H2,1-2H3. The van der Waals surface area contributed by atoms with Crippen LogP contribution in [0.2, 0.25) is 0 Å². The fraction of sp³-hybridized carbons (Fsp3) is 0.429. The molecule has 1 saturated heterocycles. The van der Waals surface area contributed by atoms with E-state index in [1.54, 1.807) is 6.20 Å². The first kappa shape index (κ1) is 19.3. The predicted octanol–water partition coefficient (Wildman–Crippen LogP) is 3.19. The van der Waals surface area contributed by atoms with Crippen molar-refractivity contribution in [3.63, 3.8) is 0 Å². The molecule has 1 unspecified atom stereocenters. The van der Waals surface area contributed by atoms with E-state index in [0.717, 1.165) is 23.9 Å². The second kappa shape index (κ2) is 8.14. The molecule has 0 aliphatic carbocycles. The number of H-pyrrole nitrogens is 1. The minimum absolute atomic E-state index is 0.00114. The van der Waals surface area contributed by atoms with Gasteiger partial charge in [-0.25, -0.2) is 14.4 Å². The summed E-state index contributed by atoms with van der Waals surface area (Å²) in [6, 6.07) is 3.72. The summed E-state index contributed by atoms with van der Waals surface area (Å²) in [5.41, 5.74) is 2.66. The molecule has 3 aromatic rings. The smallest absolute Gasteiger partial charge is 0.255 e. The molecule has 8 heteroatoms. The Bertz CT molecular complexity index is 1020. The SMILES string of the molecule is CCCN(C(=O)c1cnc2cc[nH]c2c1)C1CCN(c2ncnc(CC)c2F)C1. The van der Waals surface area contributed by atoms with Gasteiger partial charge in [-0.15, -0.1) is 0 Å². The maximum absolute atomic E-state index is 14.7. The molecule has 0 saturated carbocycles. The topological polar surface area (TPSA) is 78.0 Å². The van der Waals surface area contributed by atoms with Gasteiger partial charge in [0.25, 0.3) is 5.91 Å². The number of halogens is 1. The van der Waals surface area contributed by atoms with Crippen molar-refractivity contribution in [2.24, 2.45) is 0 Å². The van der Waals surface area contributed by atoms with Gasteiger partial charge in [0.05, 0.1) is 28.3 Å². The van der Waals surface area contributed by atoms with Gasteiger partial charge in [-0.3, -0.25) is 9.78 Å². The lowest BCUT2D eigenvalue weighted by atomic mass is 10.1. The maximum Gasteiger partial charge on any atom is 0.255 e. The quantitative estimate of drug-likeness (QED) is 0.692. The summed E-state index contributed by atoms with van der Waals surface area (Å²) < 4.78 is 14.7. The van der Waals surface area contributed by atoms with Crippen LogP contribution < -0.4 is 4.90 Å². The average molecular weight is 396 g/mol. The Labute approximate surface area is 169 Å². The van der Waals surface area contributed by atoms with Crippen LogP contribution in [0.25, 0.3) is 11.0 Å². The monoisotopic (exact) mass is 396 g/mol. The van der Waals surface area contributed by atoms with Crippen molar-refractivity contribution >= 4 is 22.8 Å². The highest BCUT2D eigenvalue weighted by Crippen LogP contribution is 2.26. The number of nitrogens with zero attached hydrogens (tertiary/aromatic N) is 5. The Balaban J connectivity index is 1.55. The normalized spacial score (nSPS) is 16.5. The number of anilines is 1. The Morgan fingerprint density at radius 1 is 1.34 bits per heavy atom. The molecule has 4 rings (SSSR count). The molecule has 1 amide bonds. The molecule has 1 fully saturated rings. The fourth-order valence-corrected chi connectivity index (χ4v) is 3.96. The van der Waals surface area contributed by atoms with Crippen molar-refractivity contribution in [2.75, 3.05) is 24.5 Å². The van der Waals surface area contributed by atoms with Crippen molar-refractivity contribution < 1.29 is 9.18 Å². The summed E-state index contributed by atoms with van der Waals surface area (Å²) in [5, 5.41) is 0. The Kier molecular flexibility index (Phi) is 5.42. The number of aryl methyl sites for hydroxylation is 1. The molecule has 1 N–H and O–H groups in total. The van der Waals surface area contributed by atoms with Crippen LogP contribution in [-0.4, -0.2) is 56.4 Å². The van der Waals surface area contributed by atoms with Crippen molar-refractivity contribution in [2.45, 2.75) is 39.2 Å². The highest BCUT2D eigenvalue weighted by atomic mass is 19.1. The van der Waals surface area contributed by atoms with E-state index in [1.165, 1.54) is 6.33 Å². The van der Waals surface area contributed by atoms with Gasteiger partial charge in [0.15, 0.2) is 11.6 Å². The van der Waals surface area contributed by atoms with Crippen molar-refractivity contribution in [1.29, 1.82) is 0 Å². The number of amides is 1. The summed E-state index contributed by atoms with van der Waals surface area (Å²) in [4.78, 5) is 32.7. The lowest BCUT2D eigenvalue weighted by Crippen LogP contribution is -2.42. The van der Waals surface area contributed by atoms with Crippen LogP contribution in [0.15, 0.2) is 30.9 Å². The van der Waals surface area contributed by atoms with Crippen molar-refractivity contribution in [3.05, 3.63) is 47.9 Å². The highest BCUT2D eigenvalue weighted by molar-refractivity contribution is 5.97. The molecule has 152 valence electrons. The van der Waals surface area contributed by atoms with Gasteiger partial charge in [0.2, 0.25) is 0 Å². The number of aromatic amines is 1. The summed E-state index contributed by atoms with van der Waals surface area (Å²) in [6.45, 7) is 5.78. The number of hydrogen-bond acceptors (Lipinski definition) is 5. The number of pyridine rings is 1. The minimum Gasteiger partial charge on any atom is -0.360 e. The Morgan fingerprint density at radius 2 is 2.21 bits per heavy atom. The van der Waals surface area contributed by atoms with E-state index in [1.807, 2.05) is 35.1 Å². The molecule has 0 radical (unpaired) electrons. The van der Waals surface area contributed by atoms with Gasteiger partial charge in [-0.2, -0.15) is 0 Å². The number of rotatable bonds is 6. The molecule has 3 aromatic heterocycles. The molecule has 4 heterocycles. The van der Waals surface area contributed by atoms with Gasteiger partial charge in [-0.1, -0.05) is 13.8 Å². The first-order valence-electron chi connectivity index (χ1n) is 10.1. The van der Waals surface area contributed by atoms with Gasteiger partial charge in [0.1, 0.15) is 6.33 Å². The van der Waals surface area contributed by atoms with Crippen molar-refractivity contribution in [3.8, 4) is 0 Å². The molecular formula is C21H25FN6O. The zero-order valence-corrected chi connectivity index (χ0v) is 16.7. The van der Waals surface area contributed by atoms with Crippen LogP contribution in [0, 0.1) is 5.82 Å². The number of hydrogen-bond donors (Lipinski definition) is 1.